The molecule has 0 radical (unpaired) electrons. The van der Waals surface area contributed by atoms with Crippen LogP contribution in [0.3, 0.4) is 0 Å². The summed E-state index contributed by atoms with van der Waals surface area (Å²) in [5, 5.41) is 16.5. The zero-order valence-electron chi connectivity index (χ0n) is 20.3. The number of halogens is 4. The summed E-state index contributed by atoms with van der Waals surface area (Å²) >= 11 is 6.07. The van der Waals surface area contributed by atoms with E-state index >= 15 is 0 Å². The summed E-state index contributed by atoms with van der Waals surface area (Å²) in [6, 6.07) is 4.86. The van der Waals surface area contributed by atoms with Gasteiger partial charge in [0, 0.05) is 18.5 Å². The number of nitrogens with one attached hydrogen (secondary N) is 1. The molecule has 1 saturated carbocycles. The minimum Gasteiger partial charge on any atom is -0.506 e. The highest BCUT2D eigenvalue weighted by molar-refractivity contribution is 6.29. The molecule has 2 fully saturated rings. The average Bonchev–Trinajstić information content (AvgIpc) is 3.61. The van der Waals surface area contributed by atoms with Gasteiger partial charge in [-0.2, -0.15) is 18.3 Å². The Labute approximate surface area is 221 Å². The Kier molecular flexibility index (Phi) is 6.93. The number of rotatable bonds is 2. The van der Waals surface area contributed by atoms with Crippen LogP contribution in [0.1, 0.15) is 44.2 Å². The monoisotopic (exact) mass is 550 g/mol. The molecule has 2 amide bonds. The number of anilines is 1. The second-order valence-corrected chi connectivity index (χ2v) is 10.3. The van der Waals surface area contributed by atoms with Gasteiger partial charge in [-0.1, -0.05) is 30.9 Å². The summed E-state index contributed by atoms with van der Waals surface area (Å²) in [7, 11) is 0. The molecule has 13 heteroatoms. The third-order valence-corrected chi connectivity index (χ3v) is 7.73. The van der Waals surface area contributed by atoms with Crippen LogP contribution in [0.15, 0.2) is 30.6 Å². The first-order chi connectivity index (χ1) is 18.1. The van der Waals surface area contributed by atoms with Crippen LogP contribution < -0.4 is 4.90 Å². The Morgan fingerprint density at radius 1 is 1.21 bits per heavy atom. The Morgan fingerprint density at radius 3 is 2.68 bits per heavy atom. The van der Waals surface area contributed by atoms with E-state index in [1.807, 2.05) is 0 Å². The van der Waals surface area contributed by atoms with Gasteiger partial charge in [0.05, 0.1) is 35.1 Å². The van der Waals surface area contributed by atoms with Crippen LogP contribution in [0.5, 0.6) is 5.75 Å². The largest absolute Gasteiger partial charge is 0.506 e. The van der Waals surface area contributed by atoms with Gasteiger partial charge in [-0.15, -0.1) is 0 Å². The number of fused-ring (bicyclic) bond motifs is 3. The third-order valence-electron chi connectivity index (χ3n) is 7.52. The van der Waals surface area contributed by atoms with E-state index in [1.165, 1.54) is 16.0 Å². The molecule has 0 bridgehead atoms. The van der Waals surface area contributed by atoms with Crippen molar-refractivity contribution in [2.24, 2.45) is 5.92 Å². The molecule has 202 valence electrons. The fourth-order valence-electron chi connectivity index (χ4n) is 5.54. The third kappa shape index (κ3) is 4.89. The number of aromatic hydroxyl groups is 1. The molecule has 1 atom stereocenters. The average molecular weight is 551 g/mol. The van der Waals surface area contributed by atoms with E-state index in [1.54, 1.807) is 24.4 Å². The number of hydrogen-bond donors (Lipinski definition) is 2. The quantitative estimate of drug-likeness (QED) is 0.458. The molecule has 5 heterocycles. The maximum absolute atomic E-state index is 13.3. The SMILES string of the molecule is O=C(CN1C(=O)C2(CCCCC2)c2nc(Cl)ccc21)N1CCC(C(F)(F)F)C1.Oc1cnc2[nH]ncc2c1. The van der Waals surface area contributed by atoms with Crippen molar-refractivity contribution in [2.75, 3.05) is 24.5 Å². The summed E-state index contributed by atoms with van der Waals surface area (Å²) < 4.78 is 38.7. The zero-order chi connectivity index (χ0) is 27.1. The fourth-order valence-corrected chi connectivity index (χ4v) is 5.69. The smallest absolute Gasteiger partial charge is 0.393 e. The number of pyridine rings is 2. The molecule has 38 heavy (non-hydrogen) atoms. The van der Waals surface area contributed by atoms with Crippen molar-refractivity contribution in [1.82, 2.24) is 25.1 Å². The second kappa shape index (κ2) is 10.0. The van der Waals surface area contributed by atoms with Crippen LogP contribution in [0.2, 0.25) is 5.15 Å². The molecule has 9 nitrogen and oxygen atoms in total. The van der Waals surface area contributed by atoms with Crippen molar-refractivity contribution in [3.63, 3.8) is 0 Å². The molecule has 3 aromatic heterocycles. The molecule has 3 aliphatic rings. The summed E-state index contributed by atoms with van der Waals surface area (Å²) in [4.78, 5) is 36.9. The Morgan fingerprint density at radius 2 is 1.97 bits per heavy atom. The Bertz CT molecular complexity index is 1360. The first-order valence-corrected chi connectivity index (χ1v) is 12.8. The van der Waals surface area contributed by atoms with E-state index in [-0.39, 0.29) is 42.9 Å². The minimum absolute atomic E-state index is 0.0574. The van der Waals surface area contributed by atoms with Gasteiger partial charge in [0.25, 0.3) is 0 Å². The maximum atomic E-state index is 13.3. The van der Waals surface area contributed by atoms with Crippen LogP contribution >= 0.6 is 11.6 Å². The van der Waals surface area contributed by atoms with E-state index in [4.69, 9.17) is 16.7 Å². The number of H-pyrrole nitrogens is 1. The van der Waals surface area contributed by atoms with Gasteiger partial charge in [-0.3, -0.25) is 14.7 Å². The van der Waals surface area contributed by atoms with Crippen molar-refractivity contribution in [3.8, 4) is 5.75 Å². The number of aromatic nitrogens is 4. The van der Waals surface area contributed by atoms with Crippen LogP contribution in [-0.4, -0.2) is 67.8 Å². The molecule has 1 saturated heterocycles. The van der Waals surface area contributed by atoms with Gasteiger partial charge in [0.15, 0.2) is 5.65 Å². The molecule has 3 aromatic rings. The number of nitrogens with zero attached hydrogens (tertiary/aromatic N) is 5. The molecule has 6 rings (SSSR count). The molecule has 2 N–H and O–H groups in total. The summed E-state index contributed by atoms with van der Waals surface area (Å²) in [6.07, 6.45) is 2.70. The number of alkyl halides is 3. The van der Waals surface area contributed by atoms with Crippen molar-refractivity contribution >= 4 is 40.1 Å². The molecular weight excluding hydrogens is 525 g/mol. The molecule has 2 aliphatic heterocycles. The molecule has 0 aromatic carbocycles. The van der Waals surface area contributed by atoms with E-state index in [0.717, 1.165) is 24.6 Å². The summed E-state index contributed by atoms with van der Waals surface area (Å²) in [6.45, 7) is -0.551. The number of aromatic amines is 1. The van der Waals surface area contributed by atoms with Gasteiger partial charge in [-0.05, 0) is 37.5 Å². The second-order valence-electron chi connectivity index (χ2n) is 9.90. The fraction of sp³-hybridized carbons (Fsp3) is 0.480. The summed E-state index contributed by atoms with van der Waals surface area (Å²) in [5.74, 6) is -1.98. The summed E-state index contributed by atoms with van der Waals surface area (Å²) in [5.41, 5.74) is 1.08. The van der Waals surface area contributed by atoms with Crippen molar-refractivity contribution in [2.45, 2.75) is 50.1 Å². The highest BCUT2D eigenvalue weighted by Gasteiger charge is 2.53. The van der Waals surface area contributed by atoms with Gasteiger partial charge in [-0.25, -0.2) is 9.97 Å². The lowest BCUT2D eigenvalue weighted by Crippen LogP contribution is -2.46. The first kappa shape index (κ1) is 26.2. The molecule has 1 spiro atoms. The van der Waals surface area contributed by atoms with Crippen molar-refractivity contribution in [1.29, 1.82) is 0 Å². The first-order valence-electron chi connectivity index (χ1n) is 12.4. The number of amides is 2. The van der Waals surface area contributed by atoms with Crippen LogP contribution in [0.4, 0.5) is 18.9 Å². The van der Waals surface area contributed by atoms with E-state index in [0.29, 0.717) is 29.9 Å². The highest BCUT2D eigenvalue weighted by Crippen LogP contribution is 2.49. The van der Waals surface area contributed by atoms with Crippen LogP contribution in [0, 0.1) is 5.92 Å². The Balaban J connectivity index is 0.000000244. The topological polar surface area (TPSA) is 115 Å². The van der Waals surface area contributed by atoms with Crippen LogP contribution in [0.25, 0.3) is 11.0 Å². The van der Waals surface area contributed by atoms with E-state index in [9.17, 15) is 22.8 Å². The van der Waals surface area contributed by atoms with Crippen molar-refractivity contribution < 1.29 is 27.9 Å². The predicted octanol–water partition coefficient (Wildman–Crippen LogP) is 4.36. The van der Waals surface area contributed by atoms with Gasteiger partial charge in [0.1, 0.15) is 17.4 Å². The molecule has 1 unspecified atom stereocenters. The number of hydrogen-bond acceptors (Lipinski definition) is 6. The highest BCUT2D eigenvalue weighted by atomic mass is 35.5. The van der Waals surface area contributed by atoms with Gasteiger partial charge in [0.2, 0.25) is 11.8 Å². The predicted molar refractivity (Wildman–Crippen MR) is 133 cm³/mol. The van der Waals surface area contributed by atoms with Gasteiger partial charge >= 0.3 is 6.18 Å². The number of likely N-dealkylation sites (tertiary alicyclic amines) is 1. The van der Waals surface area contributed by atoms with Crippen LogP contribution in [-0.2, 0) is 15.0 Å². The van der Waals surface area contributed by atoms with E-state index in [2.05, 4.69) is 20.2 Å². The zero-order valence-corrected chi connectivity index (χ0v) is 21.1. The van der Waals surface area contributed by atoms with Gasteiger partial charge < -0.3 is 14.9 Å². The number of carbonyl (C=O) groups excluding carboxylic acids is 2. The lowest BCUT2D eigenvalue weighted by atomic mass is 9.72. The Hall–Kier alpha value is -3.41. The van der Waals surface area contributed by atoms with Crippen molar-refractivity contribution in [3.05, 3.63) is 41.4 Å². The molecule has 1 aliphatic carbocycles. The minimum atomic E-state index is -4.31. The lowest BCUT2D eigenvalue weighted by molar-refractivity contribution is -0.171. The number of carbonyl (C=O) groups is 2. The standard InChI is InChI=1S/C19H21ClF3N3O2.C6H5N3O/c20-14-5-4-13-16(24-14)18(7-2-1-3-8-18)17(28)26(13)11-15(27)25-9-6-12(10-25)19(21,22)23;10-5-1-4-2-8-9-6(4)7-3-5/h4-5,12H,1-3,6-11H2;1-3,10H,(H,7,8,9). The molecular formula is C25H26ClF3N6O3. The van der Waals surface area contributed by atoms with E-state index < -0.39 is 23.4 Å². The normalized spacial score (nSPS) is 20.5. The lowest BCUT2D eigenvalue weighted by Gasteiger charge is -2.31. The maximum Gasteiger partial charge on any atom is 0.393 e.